The van der Waals surface area contributed by atoms with Crippen molar-refractivity contribution in [1.82, 2.24) is 24.8 Å². The largest absolute Gasteiger partial charge is 0.467 e. The number of amides is 1. The SMILES string of the molecule is COC(=O)C(CCC(=O)OCCOCn1cnc2c(=O)[nH]c(N)nc21)NC(=O)OCc1ccccc1. The van der Waals surface area contributed by atoms with Gasteiger partial charge >= 0.3 is 18.0 Å². The molecule has 0 aliphatic carbocycles. The summed E-state index contributed by atoms with van der Waals surface area (Å²) in [5.74, 6) is -1.36. The normalized spacial score (nSPS) is 11.6. The van der Waals surface area contributed by atoms with Crippen LogP contribution in [0.2, 0.25) is 0 Å². The maximum atomic E-state index is 12.0. The molecule has 14 nitrogen and oxygen atoms in total. The molecule has 1 atom stereocenters. The fraction of sp³-hybridized carbons (Fsp3) is 0.364. The molecule has 0 saturated carbocycles. The molecule has 0 bridgehead atoms. The fourth-order valence-electron chi connectivity index (χ4n) is 3.08. The van der Waals surface area contributed by atoms with Crippen molar-refractivity contribution in [2.45, 2.75) is 32.2 Å². The van der Waals surface area contributed by atoms with Gasteiger partial charge in [0.2, 0.25) is 5.95 Å². The molecule has 36 heavy (non-hydrogen) atoms. The number of nitrogens with one attached hydrogen (secondary N) is 2. The second kappa shape index (κ2) is 12.9. The van der Waals surface area contributed by atoms with Gasteiger partial charge in [-0.3, -0.25) is 19.1 Å². The number of nitrogens with two attached hydrogens (primary N) is 1. The standard InChI is InChI=1S/C22H26N6O8/c1-33-20(31)15(25-22(32)36-11-14-5-3-2-4-6-14)7-8-16(29)35-10-9-34-13-28-12-24-17-18(28)26-21(23)27-19(17)30/h2-6,12,15H,7-11,13H2,1H3,(H,25,32)(H3,23,26,27,30). The van der Waals surface area contributed by atoms with Crippen LogP contribution in [0, 0.1) is 0 Å². The average molecular weight is 502 g/mol. The third-order valence-electron chi connectivity index (χ3n) is 4.84. The highest BCUT2D eigenvalue weighted by Crippen LogP contribution is 2.07. The zero-order valence-electron chi connectivity index (χ0n) is 19.5. The Balaban J connectivity index is 1.37. The number of aromatic nitrogens is 4. The lowest BCUT2D eigenvalue weighted by Crippen LogP contribution is -2.42. The summed E-state index contributed by atoms with van der Waals surface area (Å²) < 4.78 is 21.8. The van der Waals surface area contributed by atoms with Crippen LogP contribution in [0.3, 0.4) is 0 Å². The molecule has 3 aromatic rings. The number of methoxy groups -OCH3 is 1. The van der Waals surface area contributed by atoms with E-state index in [2.05, 4.69) is 25.0 Å². The van der Waals surface area contributed by atoms with E-state index in [1.165, 1.54) is 18.0 Å². The van der Waals surface area contributed by atoms with Crippen LogP contribution in [0.5, 0.6) is 0 Å². The highest BCUT2D eigenvalue weighted by molar-refractivity contribution is 5.82. The molecule has 0 spiro atoms. The number of nitrogens with zero attached hydrogens (tertiary/aromatic N) is 3. The van der Waals surface area contributed by atoms with Gasteiger partial charge in [0.1, 0.15) is 26.0 Å². The highest BCUT2D eigenvalue weighted by Gasteiger charge is 2.23. The van der Waals surface area contributed by atoms with Gasteiger partial charge in [0.05, 0.1) is 20.0 Å². The smallest absolute Gasteiger partial charge is 0.408 e. The number of aromatic amines is 1. The molecule has 1 unspecified atom stereocenters. The lowest BCUT2D eigenvalue weighted by Gasteiger charge is -2.16. The number of carbonyl (C=O) groups is 3. The number of rotatable bonds is 12. The van der Waals surface area contributed by atoms with E-state index in [1.807, 2.05) is 6.07 Å². The zero-order valence-corrected chi connectivity index (χ0v) is 19.5. The molecule has 0 aliphatic rings. The zero-order chi connectivity index (χ0) is 25.9. The van der Waals surface area contributed by atoms with Crippen molar-refractivity contribution in [3.8, 4) is 0 Å². The van der Waals surface area contributed by atoms with Gasteiger partial charge in [0.25, 0.3) is 5.56 Å². The maximum Gasteiger partial charge on any atom is 0.408 e. The van der Waals surface area contributed by atoms with Crippen LogP contribution in [-0.4, -0.2) is 63.9 Å². The molecule has 0 saturated heterocycles. The third kappa shape index (κ3) is 7.53. The van der Waals surface area contributed by atoms with Crippen molar-refractivity contribution in [2.75, 3.05) is 26.1 Å². The number of hydrogen-bond acceptors (Lipinski definition) is 11. The number of ether oxygens (including phenoxy) is 4. The first-order valence-electron chi connectivity index (χ1n) is 10.9. The monoisotopic (exact) mass is 502 g/mol. The number of anilines is 1. The predicted octanol–water partition coefficient (Wildman–Crippen LogP) is 0.467. The molecular weight excluding hydrogens is 476 g/mol. The van der Waals surface area contributed by atoms with Crippen molar-refractivity contribution < 1.29 is 33.3 Å². The first-order chi connectivity index (χ1) is 17.4. The summed E-state index contributed by atoms with van der Waals surface area (Å²) in [7, 11) is 1.17. The summed E-state index contributed by atoms with van der Waals surface area (Å²) in [6.45, 7) is 0.0203. The molecule has 192 valence electrons. The Hall–Kier alpha value is -4.46. The molecule has 2 aromatic heterocycles. The number of H-pyrrole nitrogens is 1. The predicted molar refractivity (Wildman–Crippen MR) is 124 cm³/mol. The molecule has 14 heteroatoms. The molecule has 2 heterocycles. The van der Waals surface area contributed by atoms with Crippen LogP contribution in [0.15, 0.2) is 41.5 Å². The van der Waals surface area contributed by atoms with E-state index in [9.17, 15) is 19.2 Å². The van der Waals surface area contributed by atoms with Crippen LogP contribution in [-0.2, 0) is 41.9 Å². The van der Waals surface area contributed by atoms with Crippen LogP contribution in [0.4, 0.5) is 10.7 Å². The van der Waals surface area contributed by atoms with E-state index in [4.69, 9.17) is 19.9 Å². The summed E-state index contributed by atoms with van der Waals surface area (Å²) in [6.07, 6.45) is 0.358. The lowest BCUT2D eigenvalue weighted by molar-refractivity contribution is -0.147. The first kappa shape index (κ1) is 26.2. The van der Waals surface area contributed by atoms with Gasteiger partial charge in [-0.15, -0.1) is 0 Å². The number of benzene rings is 1. The van der Waals surface area contributed by atoms with E-state index in [0.29, 0.717) is 0 Å². The van der Waals surface area contributed by atoms with E-state index in [0.717, 1.165) is 5.56 Å². The van der Waals surface area contributed by atoms with Gasteiger partial charge in [-0.25, -0.2) is 14.6 Å². The number of fused-ring (bicyclic) bond motifs is 1. The highest BCUT2D eigenvalue weighted by atomic mass is 16.6. The second-order valence-electron chi connectivity index (χ2n) is 7.42. The van der Waals surface area contributed by atoms with Gasteiger partial charge in [0, 0.05) is 6.42 Å². The van der Waals surface area contributed by atoms with E-state index >= 15 is 0 Å². The molecule has 0 aliphatic heterocycles. The van der Waals surface area contributed by atoms with E-state index < -0.39 is 29.6 Å². The van der Waals surface area contributed by atoms with Gasteiger partial charge in [-0.1, -0.05) is 30.3 Å². The van der Waals surface area contributed by atoms with Crippen molar-refractivity contribution in [1.29, 1.82) is 0 Å². The Morgan fingerprint density at radius 3 is 2.69 bits per heavy atom. The number of carbonyl (C=O) groups excluding carboxylic acids is 3. The van der Waals surface area contributed by atoms with Crippen molar-refractivity contribution in [3.05, 3.63) is 52.6 Å². The Labute approximate surface area is 204 Å². The van der Waals surface area contributed by atoms with Gasteiger partial charge in [0.15, 0.2) is 11.2 Å². The summed E-state index contributed by atoms with van der Waals surface area (Å²) in [5, 5.41) is 2.39. The maximum absolute atomic E-state index is 12.0. The Morgan fingerprint density at radius 2 is 1.94 bits per heavy atom. The van der Waals surface area contributed by atoms with Crippen LogP contribution >= 0.6 is 0 Å². The average Bonchev–Trinajstić information content (AvgIpc) is 3.28. The van der Waals surface area contributed by atoms with Gasteiger partial charge < -0.3 is 30.0 Å². The van der Waals surface area contributed by atoms with Crippen molar-refractivity contribution in [3.63, 3.8) is 0 Å². The van der Waals surface area contributed by atoms with E-state index in [1.54, 1.807) is 24.3 Å². The molecule has 0 radical (unpaired) electrons. The molecule has 3 rings (SSSR count). The minimum absolute atomic E-state index is 0.00334. The topological polar surface area (TPSA) is 190 Å². The number of alkyl carbamates (subject to hydrolysis) is 1. The molecule has 0 fully saturated rings. The number of esters is 2. The Kier molecular flexibility index (Phi) is 9.33. The Bertz CT molecular complexity index is 1240. The molecule has 1 aromatic carbocycles. The quantitative estimate of drug-likeness (QED) is 0.177. The molecular formula is C22H26N6O8. The Morgan fingerprint density at radius 1 is 1.17 bits per heavy atom. The number of hydrogen-bond donors (Lipinski definition) is 3. The molecule has 1 amide bonds. The summed E-state index contributed by atoms with van der Waals surface area (Å²) in [4.78, 5) is 58.2. The van der Waals surface area contributed by atoms with Crippen LogP contribution in [0.25, 0.3) is 11.2 Å². The van der Waals surface area contributed by atoms with Crippen molar-refractivity contribution in [2.24, 2.45) is 0 Å². The van der Waals surface area contributed by atoms with Crippen molar-refractivity contribution >= 4 is 35.1 Å². The van der Waals surface area contributed by atoms with Crippen LogP contribution in [0.1, 0.15) is 18.4 Å². The van der Waals surface area contributed by atoms with Crippen LogP contribution < -0.4 is 16.6 Å². The first-order valence-corrected chi connectivity index (χ1v) is 10.9. The molecule has 4 N–H and O–H groups in total. The fourth-order valence-corrected chi connectivity index (χ4v) is 3.08. The minimum atomic E-state index is -1.08. The number of imidazole rings is 1. The third-order valence-corrected chi connectivity index (χ3v) is 4.84. The summed E-state index contributed by atoms with van der Waals surface area (Å²) in [5.41, 5.74) is 6.24. The van der Waals surface area contributed by atoms with Gasteiger partial charge in [-0.05, 0) is 12.0 Å². The second-order valence-corrected chi connectivity index (χ2v) is 7.42. The number of nitrogen functional groups attached to an aromatic ring is 1. The lowest BCUT2D eigenvalue weighted by atomic mass is 10.1. The summed E-state index contributed by atoms with van der Waals surface area (Å²) >= 11 is 0. The summed E-state index contributed by atoms with van der Waals surface area (Å²) in [6, 6.07) is 7.94. The van der Waals surface area contributed by atoms with E-state index in [-0.39, 0.29) is 56.5 Å². The van der Waals surface area contributed by atoms with Gasteiger partial charge in [-0.2, -0.15) is 4.98 Å². The minimum Gasteiger partial charge on any atom is -0.467 e.